The van der Waals surface area contributed by atoms with E-state index >= 15 is 0 Å². The Labute approximate surface area is 124 Å². The lowest BCUT2D eigenvalue weighted by molar-refractivity contribution is 0.0696. The molecule has 0 aromatic heterocycles. The third-order valence-corrected chi connectivity index (χ3v) is 3.27. The normalized spacial score (nSPS) is 9.80. The Balaban J connectivity index is 2.16. The van der Waals surface area contributed by atoms with Gasteiger partial charge in [-0.25, -0.2) is 4.79 Å². The Morgan fingerprint density at radius 3 is 2.40 bits per heavy atom. The average Bonchev–Trinajstić information content (AvgIpc) is 2.41. The van der Waals surface area contributed by atoms with E-state index in [9.17, 15) is 4.79 Å². The summed E-state index contributed by atoms with van der Waals surface area (Å²) in [6.07, 6.45) is 0.360. The highest BCUT2D eigenvalue weighted by atomic mass is 79.9. The monoisotopic (exact) mass is 331 g/mol. The number of ether oxygens (including phenoxy) is 1. The molecule has 0 bridgehead atoms. The molecule has 5 heteroatoms. The molecule has 2 rings (SSSR count). The zero-order chi connectivity index (χ0) is 14.5. The van der Waals surface area contributed by atoms with E-state index in [1.807, 2.05) is 12.1 Å². The van der Waals surface area contributed by atoms with Crippen molar-refractivity contribution in [2.45, 2.75) is 6.42 Å². The number of carboxylic acid groups (broad SMARTS) is 1. The molecule has 0 heterocycles. The number of carbonyl (C=O) groups is 1. The lowest BCUT2D eigenvalue weighted by Gasteiger charge is -2.07. The minimum atomic E-state index is -0.996. The van der Waals surface area contributed by atoms with Gasteiger partial charge in [-0.2, -0.15) is 5.26 Å². The Morgan fingerprint density at radius 2 is 1.85 bits per heavy atom. The van der Waals surface area contributed by atoms with Crippen molar-refractivity contribution in [1.82, 2.24) is 0 Å². The summed E-state index contributed by atoms with van der Waals surface area (Å²) in [6, 6.07) is 13.9. The molecule has 0 saturated heterocycles. The van der Waals surface area contributed by atoms with Crippen molar-refractivity contribution < 1.29 is 14.6 Å². The summed E-state index contributed by atoms with van der Waals surface area (Å²) >= 11 is 3.20. The number of benzene rings is 2. The van der Waals surface area contributed by atoms with E-state index < -0.39 is 5.97 Å². The zero-order valence-corrected chi connectivity index (χ0v) is 11.9. The van der Waals surface area contributed by atoms with Gasteiger partial charge in [-0.05, 0) is 51.8 Å². The van der Waals surface area contributed by atoms with Crippen molar-refractivity contribution in [3.8, 4) is 17.6 Å². The molecule has 2 aromatic rings. The highest BCUT2D eigenvalue weighted by Crippen LogP contribution is 2.27. The smallest absolute Gasteiger partial charge is 0.336 e. The average molecular weight is 332 g/mol. The van der Waals surface area contributed by atoms with Crippen LogP contribution < -0.4 is 4.74 Å². The van der Waals surface area contributed by atoms with Crippen molar-refractivity contribution in [3.63, 3.8) is 0 Å². The molecule has 0 saturated carbocycles. The maximum atomic E-state index is 10.9. The van der Waals surface area contributed by atoms with Gasteiger partial charge >= 0.3 is 5.97 Å². The SMILES string of the molecule is N#CCc1ccc(Oc2ccc(C(=O)O)c(Br)c2)cc1. The highest BCUT2D eigenvalue weighted by Gasteiger charge is 2.09. The first kappa shape index (κ1) is 14.1. The van der Waals surface area contributed by atoms with E-state index in [0.29, 0.717) is 22.4 Å². The molecule has 2 aromatic carbocycles. The first-order chi connectivity index (χ1) is 9.60. The van der Waals surface area contributed by atoms with Crippen LogP contribution in [0.3, 0.4) is 0 Å². The van der Waals surface area contributed by atoms with Gasteiger partial charge < -0.3 is 9.84 Å². The van der Waals surface area contributed by atoms with E-state index in [1.54, 1.807) is 24.3 Å². The van der Waals surface area contributed by atoms with Crippen LogP contribution in [0.15, 0.2) is 46.9 Å². The molecule has 0 amide bonds. The van der Waals surface area contributed by atoms with Gasteiger partial charge in [0, 0.05) is 4.47 Å². The quantitative estimate of drug-likeness (QED) is 0.918. The maximum absolute atomic E-state index is 10.9. The summed E-state index contributed by atoms with van der Waals surface area (Å²) in [6.45, 7) is 0. The molecule has 0 unspecified atom stereocenters. The van der Waals surface area contributed by atoms with Gasteiger partial charge in [-0.15, -0.1) is 0 Å². The molecule has 0 spiro atoms. The van der Waals surface area contributed by atoms with E-state index in [2.05, 4.69) is 22.0 Å². The minimum absolute atomic E-state index is 0.182. The second-order valence-electron chi connectivity index (χ2n) is 4.03. The zero-order valence-electron chi connectivity index (χ0n) is 10.3. The molecule has 4 nitrogen and oxygen atoms in total. The Bertz CT molecular complexity index is 675. The second-order valence-corrected chi connectivity index (χ2v) is 4.88. The van der Waals surface area contributed by atoms with Gasteiger partial charge in [0.1, 0.15) is 11.5 Å². The van der Waals surface area contributed by atoms with Crippen molar-refractivity contribution in [1.29, 1.82) is 5.26 Å². The number of carboxylic acids is 1. The van der Waals surface area contributed by atoms with Crippen LogP contribution in [0.4, 0.5) is 0 Å². The van der Waals surface area contributed by atoms with E-state index in [4.69, 9.17) is 15.1 Å². The summed E-state index contributed by atoms with van der Waals surface area (Å²) in [4.78, 5) is 10.9. The van der Waals surface area contributed by atoms with Crippen LogP contribution >= 0.6 is 15.9 Å². The fraction of sp³-hybridized carbons (Fsp3) is 0.0667. The maximum Gasteiger partial charge on any atom is 0.336 e. The van der Waals surface area contributed by atoms with E-state index in [-0.39, 0.29) is 5.56 Å². The van der Waals surface area contributed by atoms with Gasteiger partial charge in [0.15, 0.2) is 0 Å². The fourth-order valence-corrected chi connectivity index (χ4v) is 2.16. The number of rotatable bonds is 4. The Morgan fingerprint density at radius 1 is 1.20 bits per heavy atom. The topological polar surface area (TPSA) is 70.3 Å². The molecule has 0 fully saturated rings. The summed E-state index contributed by atoms with van der Waals surface area (Å²) in [5.74, 6) is 0.167. The van der Waals surface area contributed by atoms with Crippen molar-refractivity contribution >= 4 is 21.9 Å². The standard InChI is InChI=1S/C15H10BrNO3/c16-14-9-12(5-6-13(14)15(18)19)20-11-3-1-10(2-4-11)7-8-17/h1-6,9H,7H2,(H,18,19). The Hall–Kier alpha value is -2.32. The molecule has 0 aliphatic heterocycles. The van der Waals surface area contributed by atoms with Gasteiger partial charge in [-0.3, -0.25) is 0 Å². The predicted octanol–water partition coefficient (Wildman–Crippen LogP) is 4.01. The first-order valence-corrected chi connectivity index (χ1v) is 6.56. The number of hydrogen-bond donors (Lipinski definition) is 1. The van der Waals surface area contributed by atoms with Crippen molar-refractivity contribution in [2.75, 3.05) is 0 Å². The third-order valence-electron chi connectivity index (χ3n) is 2.61. The van der Waals surface area contributed by atoms with Gasteiger partial charge in [0.25, 0.3) is 0 Å². The number of nitriles is 1. The van der Waals surface area contributed by atoms with Crippen LogP contribution in [0, 0.1) is 11.3 Å². The molecule has 0 aliphatic carbocycles. The van der Waals surface area contributed by atoms with Crippen LogP contribution in [-0.4, -0.2) is 11.1 Å². The third kappa shape index (κ3) is 3.37. The van der Waals surface area contributed by atoms with Crippen LogP contribution in [0.1, 0.15) is 15.9 Å². The molecule has 20 heavy (non-hydrogen) atoms. The molecule has 0 radical (unpaired) electrons. The largest absolute Gasteiger partial charge is 0.478 e. The second kappa shape index (κ2) is 6.22. The van der Waals surface area contributed by atoms with Gasteiger partial charge in [-0.1, -0.05) is 12.1 Å². The lowest BCUT2D eigenvalue weighted by atomic mass is 10.1. The molecule has 0 aliphatic rings. The van der Waals surface area contributed by atoms with E-state index in [1.165, 1.54) is 6.07 Å². The number of halogens is 1. The summed E-state index contributed by atoms with van der Waals surface area (Å²) in [7, 11) is 0. The van der Waals surface area contributed by atoms with Gasteiger partial charge in [0.05, 0.1) is 18.1 Å². The molecule has 0 atom stereocenters. The van der Waals surface area contributed by atoms with Crippen LogP contribution in [0.5, 0.6) is 11.5 Å². The molecular weight excluding hydrogens is 322 g/mol. The molecule has 100 valence electrons. The fourth-order valence-electron chi connectivity index (χ4n) is 1.64. The predicted molar refractivity (Wildman–Crippen MR) is 76.9 cm³/mol. The van der Waals surface area contributed by atoms with Crippen LogP contribution in [0.2, 0.25) is 0 Å². The minimum Gasteiger partial charge on any atom is -0.478 e. The first-order valence-electron chi connectivity index (χ1n) is 5.77. The highest BCUT2D eigenvalue weighted by molar-refractivity contribution is 9.10. The molecule has 1 N–H and O–H groups in total. The number of nitrogens with zero attached hydrogens (tertiary/aromatic N) is 1. The Kier molecular flexibility index (Phi) is 4.38. The number of hydrogen-bond acceptors (Lipinski definition) is 3. The van der Waals surface area contributed by atoms with Crippen LogP contribution in [-0.2, 0) is 6.42 Å². The van der Waals surface area contributed by atoms with Crippen LogP contribution in [0.25, 0.3) is 0 Å². The lowest BCUT2D eigenvalue weighted by Crippen LogP contribution is -1.97. The van der Waals surface area contributed by atoms with Gasteiger partial charge in [0.2, 0.25) is 0 Å². The number of aromatic carboxylic acids is 1. The van der Waals surface area contributed by atoms with E-state index in [0.717, 1.165) is 5.56 Å². The summed E-state index contributed by atoms with van der Waals surface area (Å²) in [5, 5.41) is 17.5. The summed E-state index contributed by atoms with van der Waals surface area (Å²) in [5.41, 5.74) is 1.10. The van der Waals surface area contributed by atoms with Crippen molar-refractivity contribution in [3.05, 3.63) is 58.1 Å². The molecular formula is C15H10BrNO3. The summed E-state index contributed by atoms with van der Waals surface area (Å²) < 4.78 is 6.08. The van der Waals surface area contributed by atoms with Crippen molar-refractivity contribution in [2.24, 2.45) is 0 Å².